The number of hydrogen-bond acceptors (Lipinski definition) is 9. The van der Waals surface area contributed by atoms with Gasteiger partial charge in [-0.3, -0.25) is 9.59 Å². The monoisotopic (exact) mass is 845 g/mol. The van der Waals surface area contributed by atoms with E-state index in [2.05, 4.69) is 44.0 Å². The number of hydrogen-bond donors (Lipinski definition) is 5. The highest BCUT2D eigenvalue weighted by Crippen LogP contribution is 2.54. The summed E-state index contributed by atoms with van der Waals surface area (Å²) in [5, 5.41) is 39.8. The smallest absolute Gasteiger partial charge is 0.183 e. The number of methoxy groups -OCH3 is 1. The van der Waals surface area contributed by atoms with Gasteiger partial charge in [-0.05, 0) is 152 Å². The van der Waals surface area contributed by atoms with Gasteiger partial charge in [0.05, 0.1) is 24.5 Å². The molecule has 14 atom stereocenters. The number of ketones is 2. The molecule has 0 aromatic carbocycles. The van der Waals surface area contributed by atoms with Crippen molar-refractivity contribution in [2.24, 2.45) is 81.2 Å². The number of fused-ring (bicyclic) bond motifs is 2. The first-order valence-electron chi connectivity index (χ1n) is 25.2. The Kier molecular flexibility index (Phi) is 16.4. The third-order valence-corrected chi connectivity index (χ3v) is 17.4. The van der Waals surface area contributed by atoms with Crippen LogP contribution in [0, 0.1) is 88.3 Å². The maximum absolute atomic E-state index is 15.0. The number of aliphatic hydroxyl groups excluding tert-OH is 3. The second-order valence-corrected chi connectivity index (χ2v) is 21.5. The van der Waals surface area contributed by atoms with Crippen LogP contribution in [-0.4, -0.2) is 77.3 Å². The van der Waals surface area contributed by atoms with Crippen molar-refractivity contribution < 1.29 is 29.6 Å². The van der Waals surface area contributed by atoms with Crippen molar-refractivity contribution >= 4 is 17.8 Å². The number of carbonyl (C=O) groups excluding carboxylic acids is 2. The molecule has 4 saturated carbocycles. The molecule has 61 heavy (non-hydrogen) atoms. The molecule has 7 rings (SSSR count). The van der Waals surface area contributed by atoms with Gasteiger partial charge in [0, 0.05) is 37.2 Å². The van der Waals surface area contributed by atoms with Crippen LogP contribution in [0.2, 0.25) is 0 Å². The fourth-order valence-corrected chi connectivity index (χ4v) is 14.0. The van der Waals surface area contributed by atoms with Gasteiger partial charge >= 0.3 is 0 Å². The van der Waals surface area contributed by atoms with Gasteiger partial charge in [-0.1, -0.05) is 63.7 Å². The summed E-state index contributed by atoms with van der Waals surface area (Å²) < 4.78 is 5.77. The van der Waals surface area contributed by atoms with E-state index in [1.54, 1.807) is 7.11 Å². The minimum absolute atomic E-state index is 0.0163. The molecule has 9 nitrogen and oxygen atoms in total. The van der Waals surface area contributed by atoms with Gasteiger partial charge in [-0.15, -0.1) is 4.99 Å². The minimum Gasteiger partial charge on any atom is -0.390 e. The Morgan fingerprint density at radius 2 is 1.69 bits per heavy atom. The number of aliphatic hydroxyl groups is 3. The molecule has 0 aromatic heterocycles. The molecular formula is C52H82N3O6+. The zero-order valence-corrected chi connectivity index (χ0v) is 38.2. The predicted octanol–water partition coefficient (Wildman–Crippen LogP) is 8.13. The lowest BCUT2D eigenvalue weighted by molar-refractivity contribution is -0.143. The van der Waals surface area contributed by atoms with Crippen molar-refractivity contribution in [2.45, 2.75) is 193 Å². The lowest BCUT2D eigenvalue weighted by atomic mass is 9.61. The molecule has 0 aromatic rings. The summed E-state index contributed by atoms with van der Waals surface area (Å²) in [6.45, 7) is 7.51. The van der Waals surface area contributed by atoms with Crippen LogP contribution >= 0.6 is 0 Å². The van der Waals surface area contributed by atoms with Crippen molar-refractivity contribution in [3.63, 3.8) is 0 Å². The number of nitrogens with two attached hydrogens (primary N) is 1. The van der Waals surface area contributed by atoms with E-state index >= 15 is 0 Å². The van der Waals surface area contributed by atoms with Crippen molar-refractivity contribution in [3.05, 3.63) is 17.7 Å². The van der Waals surface area contributed by atoms with Crippen LogP contribution < -0.4 is 11.1 Å². The Morgan fingerprint density at radius 3 is 2.38 bits per heavy atom. The summed E-state index contributed by atoms with van der Waals surface area (Å²) in [6, 6.07) is 0. The van der Waals surface area contributed by atoms with Crippen molar-refractivity contribution in [1.82, 2.24) is 5.32 Å². The largest absolute Gasteiger partial charge is 0.390 e. The third-order valence-electron chi connectivity index (χ3n) is 17.4. The van der Waals surface area contributed by atoms with E-state index in [9.17, 15) is 24.9 Å². The SMILES string of the molecule is CCC[C@@H]([C@H]1C[C@@H](CC2CCNC(N)C2)C[C@@H]2C#C[C@H](C3CCCCC3)C3CC(O)C(OC)CC3CCC(=O)[C@H](O)C(=O)[C@H]2C1)[C@H](O)C1(C2=C[C+](C(C)C)C=N2)CCCCC1. The zero-order chi connectivity index (χ0) is 43.3. The Hall–Kier alpha value is -2.06. The molecule has 2 heterocycles. The molecule has 9 heteroatoms. The van der Waals surface area contributed by atoms with E-state index in [1.807, 2.05) is 6.21 Å². The van der Waals surface area contributed by atoms with Crippen LogP contribution in [0.25, 0.3) is 0 Å². The van der Waals surface area contributed by atoms with E-state index < -0.39 is 29.6 Å². The van der Waals surface area contributed by atoms with Gasteiger partial charge in [-0.25, -0.2) is 0 Å². The predicted molar refractivity (Wildman–Crippen MR) is 242 cm³/mol. The summed E-state index contributed by atoms with van der Waals surface area (Å²) in [5.41, 5.74) is 7.08. The molecule has 0 amide bonds. The number of nitrogens with one attached hydrogen (secondary N) is 1. The molecular weight excluding hydrogens is 763 g/mol. The number of nitrogens with zero attached hydrogens (tertiary/aromatic N) is 1. The molecule has 6 N–H and O–H groups in total. The molecule has 1 saturated heterocycles. The van der Waals surface area contributed by atoms with E-state index in [-0.39, 0.29) is 71.7 Å². The summed E-state index contributed by atoms with van der Waals surface area (Å²) in [7, 11) is 1.66. The molecule has 5 fully saturated rings. The Labute approximate surface area is 368 Å². The number of allylic oxidation sites excluding steroid dienone is 1. The highest BCUT2D eigenvalue weighted by atomic mass is 16.5. The van der Waals surface area contributed by atoms with Crippen LogP contribution in [0.5, 0.6) is 0 Å². The number of ether oxygens (including phenoxy) is 1. The van der Waals surface area contributed by atoms with Crippen LogP contribution in [0.15, 0.2) is 16.8 Å². The highest BCUT2D eigenvalue weighted by molar-refractivity contribution is 6.06. The van der Waals surface area contributed by atoms with Gasteiger partial charge in [0.15, 0.2) is 23.4 Å². The molecule has 340 valence electrons. The average molecular weight is 845 g/mol. The fraction of sp³-hybridized carbons (Fsp3) is 0.846. The molecule has 0 bridgehead atoms. The molecule has 0 radical (unpaired) electrons. The molecule has 5 aliphatic carbocycles. The highest BCUT2D eigenvalue weighted by Gasteiger charge is 2.54. The first kappa shape index (κ1) is 46.9. The number of aliphatic imine (C=N–C) groups is 1. The standard InChI is InChI=1S/C52H82N3O6/c1-5-12-41(51(60)52(20-10-7-11-21-52)47-29-39(31-55-47)32(2)3)38-25-34(23-33-19-22-54-48(53)26-33)24-36-15-17-40(35-13-8-6-9-14-35)42-30-45(57)46(61-4)28-37(42)16-18-44(56)50(59)49(58)43(36)27-38/h29,31-38,40-43,45-46,48,50-51,54,57,59-60H,5-14,16,18-28,30,53H2,1-4H3/q+1/t33?,34-,36-,37?,38-,40+,41-,42?,43-,45?,46?,48?,50-,51-/m0/s1. The Morgan fingerprint density at radius 1 is 0.934 bits per heavy atom. The summed E-state index contributed by atoms with van der Waals surface area (Å²) in [5.74, 6) is 9.09. The molecule has 7 aliphatic rings. The number of Topliss-reactive ketones (excluding diaryl/α,β-unsaturated/α-hetero) is 2. The van der Waals surface area contributed by atoms with Crippen LogP contribution in [-0.2, 0) is 14.3 Å². The summed E-state index contributed by atoms with van der Waals surface area (Å²) in [6.07, 6.45) is 20.8. The van der Waals surface area contributed by atoms with Crippen LogP contribution in [0.1, 0.15) is 162 Å². The third kappa shape index (κ3) is 10.7. The lowest BCUT2D eigenvalue weighted by Gasteiger charge is -2.44. The summed E-state index contributed by atoms with van der Waals surface area (Å²) in [4.78, 5) is 34.1. The van der Waals surface area contributed by atoms with E-state index in [0.717, 1.165) is 102 Å². The van der Waals surface area contributed by atoms with Gasteiger partial charge in [-0.2, -0.15) is 0 Å². The number of carbonyl (C=O) groups is 2. The van der Waals surface area contributed by atoms with Crippen LogP contribution in [0.3, 0.4) is 0 Å². The maximum Gasteiger partial charge on any atom is 0.183 e. The molecule has 0 spiro atoms. The van der Waals surface area contributed by atoms with E-state index in [4.69, 9.17) is 15.5 Å². The van der Waals surface area contributed by atoms with E-state index in [0.29, 0.717) is 43.4 Å². The zero-order valence-electron chi connectivity index (χ0n) is 38.2. The number of rotatable bonds is 11. The number of piperidine rings is 1. The lowest BCUT2D eigenvalue weighted by Crippen LogP contribution is -2.46. The fourth-order valence-electron chi connectivity index (χ4n) is 14.0. The average Bonchev–Trinajstić information content (AvgIpc) is 3.71. The van der Waals surface area contributed by atoms with Crippen LogP contribution in [0.4, 0.5) is 0 Å². The van der Waals surface area contributed by atoms with Gasteiger partial charge < -0.3 is 31.1 Å². The summed E-state index contributed by atoms with van der Waals surface area (Å²) >= 11 is 0. The minimum atomic E-state index is -1.68. The first-order chi connectivity index (χ1) is 29.4. The molecule has 6 unspecified atom stereocenters. The first-order valence-corrected chi connectivity index (χ1v) is 25.2. The van der Waals surface area contributed by atoms with Gasteiger partial charge in [0.1, 0.15) is 23.6 Å². The second-order valence-electron chi connectivity index (χ2n) is 21.5. The Bertz CT molecular complexity index is 1590. The van der Waals surface area contributed by atoms with Gasteiger partial charge in [0.25, 0.3) is 0 Å². The van der Waals surface area contributed by atoms with Crippen molar-refractivity contribution in [2.75, 3.05) is 13.7 Å². The normalized spacial score (nSPS) is 38.8. The maximum atomic E-state index is 15.0. The second kappa shape index (κ2) is 21.3. The van der Waals surface area contributed by atoms with Crippen molar-refractivity contribution in [1.29, 1.82) is 0 Å². The topological polar surface area (TPSA) is 154 Å². The van der Waals surface area contributed by atoms with Gasteiger partial charge in [0.2, 0.25) is 0 Å². The quantitative estimate of drug-likeness (QED) is 0.0794. The molecule has 2 aliphatic heterocycles. The Balaban J connectivity index is 1.30. The van der Waals surface area contributed by atoms with Crippen molar-refractivity contribution in [3.8, 4) is 11.8 Å². The van der Waals surface area contributed by atoms with E-state index in [1.165, 1.54) is 25.2 Å².